The number of urea groups is 1. The van der Waals surface area contributed by atoms with E-state index in [2.05, 4.69) is 15.6 Å². The molecule has 0 bridgehead atoms. The summed E-state index contributed by atoms with van der Waals surface area (Å²) in [5.74, 6) is -2.73. The Morgan fingerprint density at radius 3 is 2.67 bits per heavy atom. The minimum atomic E-state index is -0.922. The highest BCUT2D eigenvalue weighted by molar-refractivity contribution is 5.95. The molecule has 1 aliphatic rings. The fourth-order valence-electron chi connectivity index (χ4n) is 2.85. The van der Waals surface area contributed by atoms with Gasteiger partial charge in [-0.2, -0.15) is 4.39 Å². The normalized spacial score (nSPS) is 15.6. The molecule has 0 fully saturated rings. The van der Waals surface area contributed by atoms with Crippen LogP contribution in [0.4, 0.5) is 23.7 Å². The zero-order chi connectivity index (χ0) is 19.7. The van der Waals surface area contributed by atoms with Crippen molar-refractivity contribution in [2.24, 2.45) is 0 Å². The second-order valence-electron chi connectivity index (χ2n) is 6.26. The Kier molecular flexibility index (Phi) is 5.02. The Morgan fingerprint density at radius 2 is 1.96 bits per heavy atom. The molecule has 0 saturated heterocycles. The van der Waals surface area contributed by atoms with Crippen LogP contribution < -0.4 is 10.6 Å². The maximum absolute atomic E-state index is 13.9. The number of anilines is 1. The number of carbonyl (C=O) groups is 2. The Morgan fingerprint density at radius 1 is 1.22 bits per heavy atom. The molecule has 2 heterocycles. The number of halogens is 3. The van der Waals surface area contributed by atoms with Crippen LogP contribution in [0.3, 0.4) is 0 Å². The quantitative estimate of drug-likeness (QED) is 0.803. The van der Waals surface area contributed by atoms with Crippen molar-refractivity contribution in [1.82, 2.24) is 15.2 Å². The monoisotopic (exact) mass is 378 g/mol. The predicted molar refractivity (Wildman–Crippen MR) is 91.1 cm³/mol. The molecule has 2 N–H and O–H groups in total. The highest BCUT2D eigenvalue weighted by atomic mass is 19.1. The van der Waals surface area contributed by atoms with Gasteiger partial charge in [0.15, 0.2) is 0 Å². The first-order chi connectivity index (χ1) is 12.8. The third-order valence-corrected chi connectivity index (χ3v) is 4.40. The van der Waals surface area contributed by atoms with Crippen LogP contribution in [0.5, 0.6) is 0 Å². The number of hydrogen-bond donors (Lipinski definition) is 2. The van der Waals surface area contributed by atoms with E-state index < -0.39 is 41.6 Å². The summed E-state index contributed by atoms with van der Waals surface area (Å²) >= 11 is 0. The van der Waals surface area contributed by atoms with Crippen molar-refractivity contribution in [2.45, 2.75) is 32.5 Å². The van der Waals surface area contributed by atoms with Gasteiger partial charge in [-0.25, -0.2) is 18.6 Å². The lowest BCUT2D eigenvalue weighted by Gasteiger charge is -2.33. The molecule has 1 unspecified atom stereocenters. The molecule has 3 rings (SSSR count). The first kappa shape index (κ1) is 18.7. The summed E-state index contributed by atoms with van der Waals surface area (Å²) in [4.78, 5) is 29.7. The minimum absolute atomic E-state index is 0.0488. The standard InChI is InChI=1S/C18H17F3N4O2/c1-9(12-4-3-11(19)7-13(12)20)22-17(26)10(2)25-8-15-14(24-18(25)27)5-6-16(21)23-15/h3-7,9-10H,8H2,1-2H3,(H,22,26)(H,24,27)/t9-,10?/m0/s1. The number of carbonyl (C=O) groups excluding carboxylic acids is 2. The van der Waals surface area contributed by atoms with Gasteiger partial charge in [-0.05, 0) is 32.0 Å². The summed E-state index contributed by atoms with van der Waals surface area (Å²) in [6.07, 6.45) is 0. The van der Waals surface area contributed by atoms with E-state index in [0.717, 1.165) is 18.2 Å². The minimum Gasteiger partial charge on any atom is -0.348 e. The van der Waals surface area contributed by atoms with Gasteiger partial charge < -0.3 is 15.5 Å². The van der Waals surface area contributed by atoms with Crippen molar-refractivity contribution in [3.63, 3.8) is 0 Å². The van der Waals surface area contributed by atoms with E-state index in [4.69, 9.17) is 0 Å². The fraction of sp³-hybridized carbons (Fsp3) is 0.278. The van der Waals surface area contributed by atoms with Gasteiger partial charge in [-0.3, -0.25) is 4.79 Å². The molecule has 9 heteroatoms. The number of aromatic nitrogens is 1. The van der Waals surface area contributed by atoms with Gasteiger partial charge in [0.05, 0.1) is 24.0 Å². The molecule has 6 nitrogen and oxygen atoms in total. The summed E-state index contributed by atoms with van der Waals surface area (Å²) in [7, 11) is 0. The summed E-state index contributed by atoms with van der Waals surface area (Å²) in [6.45, 7) is 2.99. The van der Waals surface area contributed by atoms with E-state index >= 15 is 0 Å². The van der Waals surface area contributed by atoms with Gasteiger partial charge in [0.1, 0.15) is 17.7 Å². The van der Waals surface area contributed by atoms with Gasteiger partial charge in [0, 0.05) is 11.6 Å². The van der Waals surface area contributed by atoms with Crippen molar-refractivity contribution in [1.29, 1.82) is 0 Å². The zero-order valence-corrected chi connectivity index (χ0v) is 14.6. The van der Waals surface area contributed by atoms with Crippen LogP contribution in [-0.2, 0) is 11.3 Å². The first-order valence-electron chi connectivity index (χ1n) is 8.24. The molecule has 1 aromatic heterocycles. The highest BCUT2D eigenvalue weighted by Crippen LogP contribution is 2.24. The smallest absolute Gasteiger partial charge is 0.322 e. The maximum Gasteiger partial charge on any atom is 0.322 e. The lowest BCUT2D eigenvalue weighted by atomic mass is 10.1. The van der Waals surface area contributed by atoms with Crippen molar-refractivity contribution in [3.05, 3.63) is 59.2 Å². The number of fused-ring (bicyclic) bond motifs is 1. The second kappa shape index (κ2) is 7.26. The van der Waals surface area contributed by atoms with E-state index in [1.165, 1.54) is 24.0 Å². The molecular weight excluding hydrogens is 361 g/mol. The highest BCUT2D eigenvalue weighted by Gasteiger charge is 2.32. The average molecular weight is 378 g/mol. The Hall–Kier alpha value is -3.10. The molecule has 0 saturated carbocycles. The fourth-order valence-corrected chi connectivity index (χ4v) is 2.85. The van der Waals surface area contributed by atoms with Gasteiger partial charge in [0.25, 0.3) is 0 Å². The molecule has 142 valence electrons. The third kappa shape index (κ3) is 3.86. The summed E-state index contributed by atoms with van der Waals surface area (Å²) < 4.78 is 40.2. The lowest BCUT2D eigenvalue weighted by Crippen LogP contribution is -2.51. The first-order valence-corrected chi connectivity index (χ1v) is 8.24. The molecule has 3 amide bonds. The number of nitrogens with one attached hydrogen (secondary N) is 2. The van der Waals surface area contributed by atoms with Crippen LogP contribution >= 0.6 is 0 Å². The molecule has 0 radical (unpaired) electrons. The predicted octanol–water partition coefficient (Wildman–Crippen LogP) is 3.11. The van der Waals surface area contributed by atoms with Gasteiger partial charge in [-0.15, -0.1) is 0 Å². The van der Waals surface area contributed by atoms with E-state index in [1.54, 1.807) is 6.92 Å². The van der Waals surface area contributed by atoms with Gasteiger partial charge in [0.2, 0.25) is 11.9 Å². The number of benzene rings is 1. The molecule has 1 aromatic carbocycles. The van der Waals surface area contributed by atoms with Crippen molar-refractivity contribution in [3.8, 4) is 0 Å². The lowest BCUT2D eigenvalue weighted by molar-refractivity contribution is -0.125. The van der Waals surface area contributed by atoms with E-state index in [1.807, 2.05) is 0 Å². The van der Waals surface area contributed by atoms with E-state index in [0.29, 0.717) is 11.4 Å². The molecule has 27 heavy (non-hydrogen) atoms. The average Bonchev–Trinajstić information content (AvgIpc) is 2.60. The van der Waals surface area contributed by atoms with E-state index in [9.17, 15) is 22.8 Å². The van der Waals surface area contributed by atoms with Gasteiger partial charge in [-0.1, -0.05) is 6.07 Å². The van der Waals surface area contributed by atoms with Crippen molar-refractivity contribution >= 4 is 17.6 Å². The number of rotatable bonds is 4. The largest absolute Gasteiger partial charge is 0.348 e. The van der Waals surface area contributed by atoms with E-state index in [-0.39, 0.29) is 12.1 Å². The Balaban J connectivity index is 1.72. The van der Waals surface area contributed by atoms with Crippen LogP contribution in [0.1, 0.15) is 31.1 Å². The second-order valence-corrected chi connectivity index (χ2v) is 6.26. The van der Waals surface area contributed by atoms with Crippen LogP contribution in [0, 0.1) is 17.6 Å². The summed E-state index contributed by atoms with van der Waals surface area (Å²) in [6, 6.07) is 3.42. The van der Waals surface area contributed by atoms with Crippen LogP contribution in [0.25, 0.3) is 0 Å². The molecule has 0 spiro atoms. The van der Waals surface area contributed by atoms with Crippen molar-refractivity contribution in [2.75, 3.05) is 5.32 Å². The topological polar surface area (TPSA) is 74.3 Å². The SMILES string of the molecule is CC(C(=O)N[C@@H](C)c1ccc(F)cc1F)N1Cc2nc(F)ccc2NC1=O. The molecule has 2 aromatic rings. The van der Waals surface area contributed by atoms with Crippen LogP contribution in [0.15, 0.2) is 30.3 Å². The number of amides is 3. The molecule has 2 atom stereocenters. The third-order valence-electron chi connectivity index (χ3n) is 4.40. The maximum atomic E-state index is 13.9. The molecule has 1 aliphatic heterocycles. The van der Waals surface area contributed by atoms with Crippen LogP contribution in [0.2, 0.25) is 0 Å². The van der Waals surface area contributed by atoms with Crippen LogP contribution in [-0.4, -0.2) is 27.9 Å². The number of hydrogen-bond acceptors (Lipinski definition) is 3. The summed E-state index contributed by atoms with van der Waals surface area (Å²) in [5.41, 5.74) is 0.799. The molecule has 0 aliphatic carbocycles. The number of nitrogens with zero attached hydrogens (tertiary/aromatic N) is 2. The zero-order valence-electron chi connectivity index (χ0n) is 14.6. The Bertz CT molecular complexity index is 906. The Labute approximate surface area is 153 Å². The summed E-state index contributed by atoms with van der Waals surface area (Å²) in [5, 5.41) is 5.14. The van der Waals surface area contributed by atoms with Crippen molar-refractivity contribution < 1.29 is 22.8 Å². The molecular formula is C18H17F3N4O2. The number of pyridine rings is 1. The van der Waals surface area contributed by atoms with Gasteiger partial charge >= 0.3 is 6.03 Å².